The van der Waals surface area contributed by atoms with Crippen LogP contribution in [0.25, 0.3) is 5.57 Å². The molecule has 0 saturated carbocycles. The third kappa shape index (κ3) is 4.57. The molecule has 3 aromatic rings. The third-order valence-electron chi connectivity index (χ3n) is 5.68. The van der Waals surface area contributed by atoms with Gasteiger partial charge in [0.1, 0.15) is 11.5 Å². The highest BCUT2D eigenvalue weighted by molar-refractivity contribution is 6.36. The van der Waals surface area contributed by atoms with Gasteiger partial charge < -0.3 is 5.32 Å². The lowest BCUT2D eigenvalue weighted by Gasteiger charge is -2.16. The van der Waals surface area contributed by atoms with Gasteiger partial charge in [0.25, 0.3) is 11.8 Å². The molecule has 0 spiro atoms. The molecule has 3 aromatic carbocycles. The number of halogens is 4. The van der Waals surface area contributed by atoms with Crippen LogP contribution in [0.4, 0.5) is 23.2 Å². The first-order chi connectivity index (χ1) is 16.0. The quantitative estimate of drug-likeness (QED) is 0.377. The molecule has 0 aliphatic carbocycles. The Kier molecular flexibility index (Phi) is 6.00. The number of rotatable bonds is 5. The summed E-state index contributed by atoms with van der Waals surface area (Å²) in [5, 5.41) is 2.75. The summed E-state index contributed by atoms with van der Waals surface area (Å²) in [5.41, 5.74) is 1.96. The molecule has 1 heterocycles. The summed E-state index contributed by atoms with van der Waals surface area (Å²) < 4.78 is 52.8. The number of imide groups is 1. The highest BCUT2D eigenvalue weighted by atomic mass is 19.4. The molecule has 0 radical (unpaired) electrons. The molecule has 174 valence electrons. The molecule has 0 fully saturated rings. The van der Waals surface area contributed by atoms with Gasteiger partial charge in [-0.1, -0.05) is 36.4 Å². The minimum Gasteiger partial charge on any atom is -0.350 e. The summed E-state index contributed by atoms with van der Waals surface area (Å²) in [7, 11) is 0. The SMILES string of the molecule is Cc1ccc(C2=C(Nc3cccc(C(F)(F)F)c3)C(=O)N(Cc3ccc(F)cc3)C2=O)cc1C. The minimum absolute atomic E-state index is 0.0240. The molecule has 4 nitrogen and oxygen atoms in total. The number of amides is 2. The second-order valence-electron chi connectivity index (χ2n) is 8.08. The molecule has 0 unspecified atom stereocenters. The number of benzene rings is 3. The van der Waals surface area contributed by atoms with Gasteiger partial charge in [-0.05, 0) is 66.4 Å². The molecule has 0 saturated heterocycles. The summed E-state index contributed by atoms with van der Waals surface area (Å²) in [4.78, 5) is 27.7. The van der Waals surface area contributed by atoms with Crippen LogP contribution in [0.5, 0.6) is 0 Å². The van der Waals surface area contributed by atoms with Crippen molar-refractivity contribution in [2.75, 3.05) is 5.32 Å². The van der Waals surface area contributed by atoms with Gasteiger partial charge in [0.2, 0.25) is 0 Å². The summed E-state index contributed by atoms with van der Waals surface area (Å²) in [5.74, 6) is -1.73. The predicted molar refractivity (Wildman–Crippen MR) is 120 cm³/mol. The van der Waals surface area contributed by atoms with Crippen LogP contribution >= 0.6 is 0 Å². The fourth-order valence-corrected chi connectivity index (χ4v) is 3.69. The van der Waals surface area contributed by atoms with E-state index in [0.717, 1.165) is 28.2 Å². The Morgan fingerprint density at radius 1 is 0.853 bits per heavy atom. The van der Waals surface area contributed by atoms with Crippen molar-refractivity contribution in [3.63, 3.8) is 0 Å². The second-order valence-corrected chi connectivity index (χ2v) is 8.08. The molecule has 1 N–H and O–H groups in total. The number of aryl methyl sites for hydroxylation is 2. The smallest absolute Gasteiger partial charge is 0.350 e. The molecular weight excluding hydrogens is 448 g/mol. The summed E-state index contributed by atoms with van der Waals surface area (Å²) in [6.45, 7) is 3.65. The lowest BCUT2D eigenvalue weighted by Crippen LogP contribution is -2.32. The van der Waals surface area contributed by atoms with Crippen LogP contribution in [0.2, 0.25) is 0 Å². The van der Waals surface area contributed by atoms with Crippen molar-refractivity contribution in [3.8, 4) is 0 Å². The van der Waals surface area contributed by atoms with E-state index in [1.807, 2.05) is 13.8 Å². The van der Waals surface area contributed by atoms with Gasteiger partial charge in [-0.15, -0.1) is 0 Å². The van der Waals surface area contributed by atoms with E-state index < -0.39 is 29.4 Å². The summed E-state index contributed by atoms with van der Waals surface area (Å²) >= 11 is 0. The lowest BCUT2D eigenvalue weighted by atomic mass is 9.99. The average Bonchev–Trinajstić information content (AvgIpc) is 3.01. The van der Waals surface area contributed by atoms with E-state index in [4.69, 9.17) is 0 Å². The van der Waals surface area contributed by atoms with Crippen molar-refractivity contribution in [2.24, 2.45) is 0 Å². The number of alkyl halides is 3. The fraction of sp³-hybridized carbons (Fsp3) is 0.154. The van der Waals surface area contributed by atoms with E-state index >= 15 is 0 Å². The van der Waals surface area contributed by atoms with Crippen LogP contribution in [0.3, 0.4) is 0 Å². The largest absolute Gasteiger partial charge is 0.416 e. The van der Waals surface area contributed by atoms with E-state index in [9.17, 15) is 27.2 Å². The maximum Gasteiger partial charge on any atom is 0.416 e. The zero-order valence-corrected chi connectivity index (χ0v) is 18.3. The van der Waals surface area contributed by atoms with E-state index in [1.165, 1.54) is 36.4 Å². The fourth-order valence-electron chi connectivity index (χ4n) is 3.69. The standard InChI is InChI=1S/C26H20F4N2O2/c1-15-6-9-18(12-16(15)2)22-23(31-21-5-3-4-19(13-21)26(28,29)30)25(34)32(24(22)33)14-17-7-10-20(27)11-8-17/h3-13,31H,14H2,1-2H3. The van der Waals surface area contributed by atoms with Gasteiger partial charge >= 0.3 is 6.18 Å². The number of carbonyl (C=O) groups excluding carboxylic acids is 2. The first kappa shape index (κ1) is 23.2. The first-order valence-corrected chi connectivity index (χ1v) is 10.4. The number of hydrogen-bond acceptors (Lipinski definition) is 3. The molecule has 1 aliphatic rings. The van der Waals surface area contributed by atoms with E-state index in [1.54, 1.807) is 18.2 Å². The van der Waals surface area contributed by atoms with E-state index in [0.29, 0.717) is 11.1 Å². The summed E-state index contributed by atoms with van der Waals surface area (Å²) in [6, 6.07) is 15.0. The van der Waals surface area contributed by atoms with Crippen LogP contribution < -0.4 is 5.32 Å². The Bertz CT molecular complexity index is 1310. The van der Waals surface area contributed by atoms with Crippen molar-refractivity contribution in [3.05, 3.63) is 106 Å². The lowest BCUT2D eigenvalue weighted by molar-refractivity contribution is -0.138. The van der Waals surface area contributed by atoms with Crippen molar-refractivity contribution < 1.29 is 27.2 Å². The second kappa shape index (κ2) is 8.78. The monoisotopic (exact) mass is 468 g/mol. The van der Waals surface area contributed by atoms with Gasteiger partial charge in [0, 0.05) is 5.69 Å². The van der Waals surface area contributed by atoms with Crippen molar-refractivity contribution in [1.29, 1.82) is 0 Å². The molecule has 0 aromatic heterocycles. The maximum atomic E-state index is 13.4. The Balaban J connectivity index is 1.76. The maximum absolute atomic E-state index is 13.4. The van der Waals surface area contributed by atoms with Gasteiger partial charge in [0.15, 0.2) is 0 Å². The van der Waals surface area contributed by atoms with E-state index in [-0.39, 0.29) is 23.5 Å². The molecule has 2 amide bonds. The topological polar surface area (TPSA) is 49.4 Å². The zero-order valence-electron chi connectivity index (χ0n) is 18.3. The van der Waals surface area contributed by atoms with Crippen LogP contribution in [-0.2, 0) is 22.3 Å². The number of carbonyl (C=O) groups is 2. The number of hydrogen-bond donors (Lipinski definition) is 1. The number of anilines is 1. The van der Waals surface area contributed by atoms with Gasteiger partial charge in [-0.3, -0.25) is 14.5 Å². The highest BCUT2D eigenvalue weighted by Crippen LogP contribution is 2.34. The van der Waals surface area contributed by atoms with Crippen LogP contribution in [0.15, 0.2) is 72.4 Å². The molecule has 1 aliphatic heterocycles. The molecule has 4 rings (SSSR count). The van der Waals surface area contributed by atoms with Crippen LogP contribution in [-0.4, -0.2) is 16.7 Å². The van der Waals surface area contributed by atoms with Crippen molar-refractivity contribution >= 4 is 23.1 Å². The number of nitrogens with one attached hydrogen (secondary N) is 1. The Hall–Kier alpha value is -3.94. The predicted octanol–water partition coefficient (Wildman–Crippen LogP) is 5.85. The molecular formula is C26H20F4N2O2. The Morgan fingerprint density at radius 3 is 2.21 bits per heavy atom. The van der Waals surface area contributed by atoms with Crippen molar-refractivity contribution in [1.82, 2.24) is 4.90 Å². The normalized spacial score (nSPS) is 14.2. The molecule has 34 heavy (non-hydrogen) atoms. The molecule has 0 atom stereocenters. The minimum atomic E-state index is -4.56. The third-order valence-corrected chi connectivity index (χ3v) is 5.68. The van der Waals surface area contributed by atoms with Crippen LogP contribution in [0.1, 0.15) is 27.8 Å². The van der Waals surface area contributed by atoms with Crippen molar-refractivity contribution in [2.45, 2.75) is 26.6 Å². The molecule has 8 heteroatoms. The van der Waals surface area contributed by atoms with Gasteiger partial charge in [-0.2, -0.15) is 13.2 Å². The average molecular weight is 468 g/mol. The van der Waals surface area contributed by atoms with Gasteiger partial charge in [-0.25, -0.2) is 4.39 Å². The van der Waals surface area contributed by atoms with Gasteiger partial charge in [0.05, 0.1) is 17.7 Å². The Labute approximate surface area is 193 Å². The van der Waals surface area contributed by atoms with E-state index in [2.05, 4.69) is 5.32 Å². The molecule has 0 bridgehead atoms. The number of nitrogens with zero attached hydrogens (tertiary/aromatic N) is 1. The first-order valence-electron chi connectivity index (χ1n) is 10.4. The summed E-state index contributed by atoms with van der Waals surface area (Å²) in [6.07, 6.45) is -4.56. The van der Waals surface area contributed by atoms with Crippen LogP contribution in [0, 0.1) is 19.7 Å². The zero-order chi connectivity index (χ0) is 24.6. The highest BCUT2D eigenvalue weighted by Gasteiger charge is 2.39. The Morgan fingerprint density at radius 2 is 1.56 bits per heavy atom.